The lowest BCUT2D eigenvalue weighted by Gasteiger charge is -2.06. The number of hydrogen-bond donors (Lipinski definition) is 1. The molecule has 0 spiro atoms. The summed E-state index contributed by atoms with van der Waals surface area (Å²) >= 11 is 16.6. The van der Waals surface area contributed by atoms with E-state index in [0.29, 0.717) is 20.9 Å². The first kappa shape index (κ1) is 23.3. The molecule has 0 fully saturated rings. The number of anilines is 1. The molecule has 4 rings (SSSR count). The Kier molecular flexibility index (Phi) is 7.52. The molecular formula is C21H19Cl2N5OS3. The summed E-state index contributed by atoms with van der Waals surface area (Å²) in [7, 11) is 0. The number of hydrogen-bond acceptors (Lipinski definition) is 7. The maximum atomic E-state index is 12.5. The molecule has 0 unspecified atom stereocenters. The molecule has 1 aromatic carbocycles. The monoisotopic (exact) mass is 523 g/mol. The second-order valence-electron chi connectivity index (χ2n) is 6.70. The molecule has 0 bridgehead atoms. The minimum atomic E-state index is -0.158. The van der Waals surface area contributed by atoms with Gasteiger partial charge in [0, 0.05) is 38.3 Å². The van der Waals surface area contributed by atoms with Crippen molar-refractivity contribution < 1.29 is 4.79 Å². The zero-order valence-electron chi connectivity index (χ0n) is 17.3. The predicted molar refractivity (Wildman–Crippen MR) is 135 cm³/mol. The first-order valence-electron chi connectivity index (χ1n) is 9.83. The Bertz CT molecular complexity index is 1250. The minimum absolute atomic E-state index is 0.158. The molecule has 6 nitrogen and oxygen atoms in total. The van der Waals surface area contributed by atoms with Crippen LogP contribution in [0.1, 0.15) is 18.7 Å². The summed E-state index contributed by atoms with van der Waals surface area (Å²) in [5.41, 5.74) is 2.52. The Morgan fingerprint density at radius 3 is 2.72 bits per heavy atom. The summed E-state index contributed by atoms with van der Waals surface area (Å²) in [5.74, 6) is 0.878. The smallest absolute Gasteiger partial charge is 0.236 e. The van der Waals surface area contributed by atoms with Crippen LogP contribution in [0.3, 0.4) is 0 Å². The van der Waals surface area contributed by atoms with Gasteiger partial charge in [-0.2, -0.15) is 0 Å². The van der Waals surface area contributed by atoms with Crippen LogP contribution in [0.25, 0.3) is 22.6 Å². The number of thioether (sulfide) groups is 1. The molecule has 4 aromatic rings. The number of amides is 1. The fourth-order valence-electron chi connectivity index (χ4n) is 3.01. The third-order valence-electron chi connectivity index (χ3n) is 4.58. The normalized spacial score (nSPS) is 11.1. The van der Waals surface area contributed by atoms with Crippen molar-refractivity contribution in [3.05, 3.63) is 49.9 Å². The average molecular weight is 525 g/mol. The van der Waals surface area contributed by atoms with Crippen LogP contribution in [0.15, 0.2) is 40.2 Å². The number of thiophene rings is 1. The zero-order valence-corrected chi connectivity index (χ0v) is 21.2. The predicted octanol–water partition coefficient (Wildman–Crippen LogP) is 6.75. The summed E-state index contributed by atoms with van der Waals surface area (Å²) in [5, 5.41) is 17.8. The number of halogens is 2. The van der Waals surface area contributed by atoms with Crippen molar-refractivity contribution in [2.24, 2.45) is 0 Å². The van der Waals surface area contributed by atoms with E-state index >= 15 is 0 Å². The second kappa shape index (κ2) is 10.4. The van der Waals surface area contributed by atoms with Crippen molar-refractivity contribution in [3.8, 4) is 22.6 Å². The topological polar surface area (TPSA) is 72.7 Å². The summed E-state index contributed by atoms with van der Waals surface area (Å²) < 4.78 is 2.03. The molecule has 1 amide bonds. The zero-order chi connectivity index (χ0) is 22.7. The van der Waals surface area contributed by atoms with Crippen molar-refractivity contribution in [3.63, 3.8) is 0 Å². The van der Waals surface area contributed by atoms with Crippen LogP contribution in [-0.2, 0) is 17.8 Å². The molecule has 11 heteroatoms. The van der Waals surface area contributed by atoms with Gasteiger partial charge in [-0.1, -0.05) is 41.9 Å². The van der Waals surface area contributed by atoms with Crippen molar-refractivity contribution >= 4 is 68.7 Å². The minimum Gasteiger partial charge on any atom is -0.302 e. The number of carbonyl (C=O) groups is 1. The van der Waals surface area contributed by atoms with Gasteiger partial charge in [-0.05, 0) is 37.6 Å². The van der Waals surface area contributed by atoms with Crippen LogP contribution in [0.4, 0.5) is 5.13 Å². The molecule has 0 aliphatic heterocycles. The van der Waals surface area contributed by atoms with E-state index in [1.807, 2.05) is 22.9 Å². The number of carbonyl (C=O) groups excluding carboxylic acids is 1. The molecule has 3 heterocycles. The number of nitrogens with one attached hydrogen (secondary N) is 1. The van der Waals surface area contributed by atoms with E-state index in [1.165, 1.54) is 28.0 Å². The fraction of sp³-hybridized carbons (Fsp3) is 0.238. The Hall–Kier alpha value is -1.91. The van der Waals surface area contributed by atoms with Crippen LogP contribution in [0.2, 0.25) is 10.0 Å². The van der Waals surface area contributed by atoms with Crippen molar-refractivity contribution in [1.29, 1.82) is 0 Å². The van der Waals surface area contributed by atoms with E-state index in [2.05, 4.69) is 38.9 Å². The fourth-order valence-corrected chi connectivity index (χ4v) is 5.86. The molecule has 32 heavy (non-hydrogen) atoms. The van der Waals surface area contributed by atoms with Gasteiger partial charge in [-0.25, -0.2) is 4.98 Å². The third-order valence-corrected chi connectivity index (χ3v) is 7.94. The Morgan fingerprint density at radius 2 is 2.00 bits per heavy atom. The molecule has 1 N–H and O–H groups in total. The number of aromatic nitrogens is 4. The van der Waals surface area contributed by atoms with Crippen LogP contribution in [0, 0.1) is 0 Å². The first-order valence-corrected chi connectivity index (χ1v) is 13.3. The maximum absolute atomic E-state index is 12.5. The Labute approximate surface area is 208 Å². The van der Waals surface area contributed by atoms with Gasteiger partial charge in [0.05, 0.1) is 16.5 Å². The summed E-state index contributed by atoms with van der Waals surface area (Å²) in [6.45, 7) is 4.90. The summed E-state index contributed by atoms with van der Waals surface area (Å²) in [6.07, 6.45) is 0.995. The van der Waals surface area contributed by atoms with Gasteiger partial charge in [0.15, 0.2) is 16.1 Å². The van der Waals surface area contributed by atoms with Crippen molar-refractivity contribution in [2.45, 2.75) is 32.0 Å². The lowest BCUT2D eigenvalue weighted by atomic mass is 10.2. The van der Waals surface area contributed by atoms with Crippen LogP contribution < -0.4 is 5.32 Å². The SMILES string of the molecule is CCc1cc(-c2nnc(SCC(=O)Nc3nc(-c4ccc(Cl)cc4Cl)cs3)n2CC)cs1. The number of thiazole rings is 1. The van der Waals surface area contributed by atoms with Crippen LogP contribution >= 0.6 is 57.6 Å². The number of rotatable bonds is 8. The highest BCUT2D eigenvalue weighted by Gasteiger charge is 2.17. The van der Waals surface area contributed by atoms with Crippen LogP contribution in [-0.4, -0.2) is 31.4 Å². The third kappa shape index (κ3) is 5.18. The highest BCUT2D eigenvalue weighted by atomic mass is 35.5. The maximum Gasteiger partial charge on any atom is 0.236 e. The van der Waals surface area contributed by atoms with E-state index in [1.54, 1.807) is 23.5 Å². The van der Waals surface area contributed by atoms with Gasteiger partial charge < -0.3 is 9.88 Å². The molecule has 0 saturated carbocycles. The molecule has 0 aliphatic carbocycles. The summed E-state index contributed by atoms with van der Waals surface area (Å²) in [4.78, 5) is 18.3. The average Bonchev–Trinajstić information content (AvgIpc) is 3.51. The van der Waals surface area contributed by atoms with Gasteiger partial charge >= 0.3 is 0 Å². The van der Waals surface area contributed by atoms with Crippen LogP contribution in [0.5, 0.6) is 0 Å². The standard InChI is InChI=1S/C21H19Cl2N5OS3/c1-3-14-7-12(9-30-14)19-26-27-21(28(19)4-2)32-11-18(29)25-20-24-17(10-31-20)15-6-5-13(22)8-16(15)23/h5-10H,3-4,11H2,1-2H3,(H,24,25,29). The lowest BCUT2D eigenvalue weighted by Crippen LogP contribution is -2.14. The van der Waals surface area contributed by atoms with E-state index < -0.39 is 0 Å². The molecule has 166 valence electrons. The first-order chi connectivity index (χ1) is 15.5. The van der Waals surface area contributed by atoms with Gasteiger partial charge in [0.25, 0.3) is 0 Å². The Morgan fingerprint density at radius 1 is 1.16 bits per heavy atom. The van der Waals surface area contributed by atoms with E-state index in [4.69, 9.17) is 23.2 Å². The quantitative estimate of drug-likeness (QED) is 0.258. The number of nitrogens with zero attached hydrogens (tertiary/aromatic N) is 4. The van der Waals surface area contributed by atoms with E-state index in [-0.39, 0.29) is 11.7 Å². The van der Waals surface area contributed by atoms with Crippen molar-refractivity contribution in [1.82, 2.24) is 19.7 Å². The molecule has 0 radical (unpaired) electrons. The van der Waals surface area contributed by atoms with E-state index in [9.17, 15) is 4.79 Å². The summed E-state index contributed by atoms with van der Waals surface area (Å²) in [6, 6.07) is 7.39. The highest BCUT2D eigenvalue weighted by Crippen LogP contribution is 2.33. The van der Waals surface area contributed by atoms with Gasteiger partial charge in [-0.15, -0.1) is 32.9 Å². The van der Waals surface area contributed by atoms with Crippen molar-refractivity contribution in [2.75, 3.05) is 11.1 Å². The number of aryl methyl sites for hydroxylation is 1. The molecule has 0 aliphatic rings. The van der Waals surface area contributed by atoms with Gasteiger partial charge in [0.2, 0.25) is 5.91 Å². The van der Waals surface area contributed by atoms with E-state index in [0.717, 1.165) is 35.1 Å². The molecular weight excluding hydrogens is 505 g/mol. The number of benzene rings is 1. The molecule has 0 saturated heterocycles. The highest BCUT2D eigenvalue weighted by molar-refractivity contribution is 7.99. The largest absolute Gasteiger partial charge is 0.302 e. The lowest BCUT2D eigenvalue weighted by molar-refractivity contribution is -0.113. The van der Waals surface area contributed by atoms with Gasteiger partial charge in [-0.3, -0.25) is 4.79 Å². The Balaban J connectivity index is 1.40. The molecule has 3 aromatic heterocycles. The molecule has 0 atom stereocenters. The second-order valence-corrected chi connectivity index (χ2v) is 10.3. The van der Waals surface area contributed by atoms with Gasteiger partial charge in [0.1, 0.15) is 0 Å².